The summed E-state index contributed by atoms with van der Waals surface area (Å²) >= 11 is 5.29. The fourth-order valence-electron chi connectivity index (χ4n) is 0.230. The first-order valence-electron chi connectivity index (χ1n) is 2.14. The molecule has 0 saturated carbocycles. The van der Waals surface area contributed by atoms with Gasteiger partial charge < -0.3 is 0 Å². The van der Waals surface area contributed by atoms with Crippen molar-refractivity contribution in [3.05, 3.63) is 0 Å². The Morgan fingerprint density at radius 1 is 1.71 bits per heavy atom. The molecule has 7 heavy (non-hydrogen) atoms. The minimum Gasteiger partial charge on any atom is -0.290 e. The largest absolute Gasteiger partial charge is 0.290 e. The molecule has 0 aromatic carbocycles. The predicted molar refractivity (Wildman–Crippen MR) is 29.3 cm³/mol. The Kier molecular flexibility index (Phi) is 3.30. The first kappa shape index (κ1) is 7.18. The molecule has 1 unspecified atom stereocenters. The first-order valence-corrected chi connectivity index (χ1v) is 2.57. The fourth-order valence-corrected chi connectivity index (χ4v) is 0.356. The van der Waals surface area contributed by atoms with E-state index in [1.165, 1.54) is 7.05 Å². The van der Waals surface area contributed by atoms with E-state index in [-0.39, 0.29) is 0 Å². The quantitative estimate of drug-likeness (QED) is 0.431. The lowest BCUT2D eigenvalue weighted by Crippen LogP contribution is -2.27. The SMILES string of the molecule is CN[C@H](F)C(C)Cl. The summed E-state index contributed by atoms with van der Waals surface area (Å²) in [4.78, 5) is 0. The van der Waals surface area contributed by atoms with Crippen LogP contribution in [-0.4, -0.2) is 18.7 Å². The van der Waals surface area contributed by atoms with E-state index in [2.05, 4.69) is 5.32 Å². The zero-order chi connectivity index (χ0) is 5.86. The Balaban J connectivity index is 3.14. The van der Waals surface area contributed by atoms with Gasteiger partial charge in [0.05, 0.1) is 5.38 Å². The molecule has 3 heteroatoms. The summed E-state index contributed by atoms with van der Waals surface area (Å²) in [6, 6.07) is 0. The Morgan fingerprint density at radius 3 is 2.14 bits per heavy atom. The van der Waals surface area contributed by atoms with Gasteiger partial charge >= 0.3 is 0 Å². The van der Waals surface area contributed by atoms with E-state index < -0.39 is 11.7 Å². The van der Waals surface area contributed by atoms with Crippen molar-refractivity contribution in [3.8, 4) is 0 Å². The average Bonchev–Trinajstić information content (AvgIpc) is 1.65. The van der Waals surface area contributed by atoms with Crippen molar-refractivity contribution in [2.45, 2.75) is 18.6 Å². The highest BCUT2D eigenvalue weighted by molar-refractivity contribution is 6.20. The van der Waals surface area contributed by atoms with E-state index in [1.807, 2.05) is 0 Å². The number of hydrogen-bond acceptors (Lipinski definition) is 1. The van der Waals surface area contributed by atoms with Crippen LogP contribution >= 0.6 is 11.6 Å². The summed E-state index contributed by atoms with van der Waals surface area (Å²) in [5.74, 6) is 0. The molecule has 0 bridgehead atoms. The van der Waals surface area contributed by atoms with Crippen molar-refractivity contribution >= 4 is 11.6 Å². The Bertz CT molecular complexity index is 49.0. The van der Waals surface area contributed by atoms with Crippen molar-refractivity contribution in [1.82, 2.24) is 5.32 Å². The highest BCUT2D eigenvalue weighted by Gasteiger charge is 2.07. The number of nitrogens with one attached hydrogen (secondary N) is 1. The van der Waals surface area contributed by atoms with Crippen LogP contribution in [-0.2, 0) is 0 Å². The third kappa shape index (κ3) is 2.83. The van der Waals surface area contributed by atoms with Gasteiger partial charge in [0.2, 0.25) is 0 Å². The number of alkyl halides is 2. The molecule has 0 aliphatic carbocycles. The highest BCUT2D eigenvalue weighted by atomic mass is 35.5. The number of halogens is 2. The van der Waals surface area contributed by atoms with Crippen LogP contribution in [0.4, 0.5) is 4.39 Å². The molecule has 0 heterocycles. The smallest absolute Gasteiger partial charge is 0.167 e. The van der Waals surface area contributed by atoms with Gasteiger partial charge in [-0.2, -0.15) is 0 Å². The molecule has 0 aromatic heterocycles. The van der Waals surface area contributed by atoms with Crippen molar-refractivity contribution in [3.63, 3.8) is 0 Å². The van der Waals surface area contributed by atoms with Crippen LogP contribution in [0.5, 0.6) is 0 Å². The maximum absolute atomic E-state index is 12.0. The molecule has 1 N–H and O–H groups in total. The molecule has 0 fully saturated rings. The Morgan fingerprint density at radius 2 is 2.14 bits per heavy atom. The van der Waals surface area contributed by atoms with Crippen LogP contribution in [0.15, 0.2) is 0 Å². The van der Waals surface area contributed by atoms with E-state index in [9.17, 15) is 4.39 Å². The molecular weight excluding hydrogens is 117 g/mol. The molecule has 0 aliphatic rings. The molecule has 0 saturated heterocycles. The van der Waals surface area contributed by atoms with E-state index in [0.29, 0.717) is 0 Å². The zero-order valence-electron chi connectivity index (χ0n) is 4.41. The first-order chi connectivity index (χ1) is 3.18. The molecule has 0 radical (unpaired) electrons. The van der Waals surface area contributed by atoms with Gasteiger partial charge in [0.25, 0.3) is 0 Å². The minimum absolute atomic E-state index is 0.440. The van der Waals surface area contributed by atoms with E-state index in [1.54, 1.807) is 6.92 Å². The van der Waals surface area contributed by atoms with Crippen LogP contribution in [0.25, 0.3) is 0 Å². The normalized spacial score (nSPS) is 18.9. The Labute approximate surface area is 47.9 Å². The highest BCUT2D eigenvalue weighted by Crippen LogP contribution is 2.00. The number of hydrogen-bond donors (Lipinski definition) is 1. The molecular formula is C4H9ClFN. The van der Waals surface area contributed by atoms with Gasteiger partial charge in [-0.25, -0.2) is 4.39 Å². The Hall–Kier alpha value is 0.180. The van der Waals surface area contributed by atoms with Gasteiger partial charge in [-0.15, -0.1) is 11.6 Å². The summed E-state index contributed by atoms with van der Waals surface area (Å²) in [5.41, 5.74) is 0. The lowest BCUT2D eigenvalue weighted by Gasteiger charge is -2.06. The maximum Gasteiger partial charge on any atom is 0.167 e. The monoisotopic (exact) mass is 125 g/mol. The van der Waals surface area contributed by atoms with E-state index in [0.717, 1.165) is 0 Å². The van der Waals surface area contributed by atoms with Gasteiger partial charge in [-0.3, -0.25) is 5.32 Å². The van der Waals surface area contributed by atoms with Crippen LogP contribution in [0.1, 0.15) is 6.92 Å². The predicted octanol–water partition coefficient (Wildman–Crippen LogP) is 1.13. The summed E-state index contributed by atoms with van der Waals surface area (Å²) < 4.78 is 12.0. The molecule has 44 valence electrons. The molecule has 0 aliphatic heterocycles. The lowest BCUT2D eigenvalue weighted by atomic mass is 10.4. The van der Waals surface area contributed by atoms with E-state index in [4.69, 9.17) is 11.6 Å². The topological polar surface area (TPSA) is 12.0 Å². The molecule has 0 rings (SSSR count). The average molecular weight is 126 g/mol. The zero-order valence-corrected chi connectivity index (χ0v) is 5.17. The van der Waals surface area contributed by atoms with Gasteiger partial charge in [-0.05, 0) is 14.0 Å². The summed E-state index contributed by atoms with van der Waals surface area (Å²) in [6.07, 6.45) is -1.08. The molecule has 0 aromatic rings. The maximum atomic E-state index is 12.0. The fraction of sp³-hybridized carbons (Fsp3) is 1.00. The van der Waals surface area contributed by atoms with Crippen LogP contribution < -0.4 is 5.32 Å². The van der Waals surface area contributed by atoms with Crippen LogP contribution in [0.3, 0.4) is 0 Å². The summed E-state index contributed by atoms with van der Waals surface area (Å²) in [5, 5.41) is 1.93. The van der Waals surface area contributed by atoms with Crippen LogP contribution in [0.2, 0.25) is 0 Å². The van der Waals surface area contributed by atoms with Crippen LogP contribution in [0, 0.1) is 0 Å². The van der Waals surface area contributed by atoms with Crippen molar-refractivity contribution in [2.24, 2.45) is 0 Å². The second-order valence-electron chi connectivity index (χ2n) is 1.37. The van der Waals surface area contributed by atoms with Crippen molar-refractivity contribution < 1.29 is 4.39 Å². The third-order valence-corrected chi connectivity index (χ3v) is 0.900. The lowest BCUT2D eigenvalue weighted by molar-refractivity contribution is 0.288. The molecule has 0 amide bonds. The van der Waals surface area contributed by atoms with Gasteiger partial charge in [0.1, 0.15) is 0 Å². The minimum atomic E-state index is -1.08. The van der Waals surface area contributed by atoms with E-state index >= 15 is 0 Å². The molecule has 2 atom stereocenters. The van der Waals surface area contributed by atoms with Gasteiger partial charge in [-0.1, -0.05) is 0 Å². The van der Waals surface area contributed by atoms with Crippen molar-refractivity contribution in [1.29, 1.82) is 0 Å². The number of rotatable bonds is 2. The second-order valence-corrected chi connectivity index (χ2v) is 2.06. The summed E-state index contributed by atoms with van der Waals surface area (Å²) in [6.45, 7) is 1.60. The third-order valence-electron chi connectivity index (χ3n) is 0.679. The summed E-state index contributed by atoms with van der Waals surface area (Å²) in [7, 11) is 1.53. The molecule has 1 nitrogen and oxygen atoms in total. The molecule has 0 spiro atoms. The van der Waals surface area contributed by atoms with Crippen molar-refractivity contribution in [2.75, 3.05) is 7.05 Å². The van der Waals surface area contributed by atoms with Gasteiger partial charge in [0, 0.05) is 0 Å². The van der Waals surface area contributed by atoms with Gasteiger partial charge in [0.15, 0.2) is 6.30 Å². The standard InChI is InChI=1S/C4H9ClFN/c1-3(5)4(6)7-2/h3-4,7H,1-2H3/t3?,4-/m0/s1. The second kappa shape index (κ2) is 3.22.